The highest BCUT2D eigenvalue weighted by Crippen LogP contribution is 2.21. The van der Waals surface area contributed by atoms with Gasteiger partial charge in [-0.2, -0.15) is 5.10 Å². The van der Waals surface area contributed by atoms with Gasteiger partial charge in [0.15, 0.2) is 0 Å². The molecule has 0 saturated carbocycles. The van der Waals surface area contributed by atoms with Gasteiger partial charge in [0.2, 0.25) is 0 Å². The van der Waals surface area contributed by atoms with Crippen molar-refractivity contribution in [2.45, 2.75) is 6.92 Å². The van der Waals surface area contributed by atoms with E-state index < -0.39 is 0 Å². The molecule has 0 saturated heterocycles. The van der Waals surface area contributed by atoms with Crippen molar-refractivity contribution in [2.24, 2.45) is 5.10 Å². The Morgan fingerprint density at radius 3 is 2.73 bits per heavy atom. The molecular weight excluding hydrogens is 294 g/mol. The van der Waals surface area contributed by atoms with Crippen molar-refractivity contribution in [1.29, 1.82) is 0 Å². The zero-order chi connectivity index (χ0) is 15.4. The lowest BCUT2D eigenvalue weighted by atomic mass is 10.1. The standard InChI is InChI=1S/C17H15N3OS/c1-13-6-2-3-7-14(13)12-18-19-17(21)16-15(8-11-22-16)20-9-4-5-10-20/h2-12H,1H3,(H,19,21)/b18-12+. The van der Waals surface area contributed by atoms with Crippen molar-refractivity contribution < 1.29 is 4.79 Å². The summed E-state index contributed by atoms with van der Waals surface area (Å²) < 4.78 is 1.91. The average Bonchev–Trinajstić information content (AvgIpc) is 3.19. The third kappa shape index (κ3) is 2.99. The molecule has 1 N–H and O–H groups in total. The van der Waals surface area contributed by atoms with E-state index in [1.165, 1.54) is 11.3 Å². The molecule has 0 unspecified atom stereocenters. The lowest BCUT2D eigenvalue weighted by Crippen LogP contribution is -2.18. The Bertz CT molecular complexity index is 803. The topological polar surface area (TPSA) is 46.4 Å². The summed E-state index contributed by atoms with van der Waals surface area (Å²) in [5.74, 6) is -0.205. The van der Waals surface area contributed by atoms with Gasteiger partial charge in [-0.25, -0.2) is 5.43 Å². The highest BCUT2D eigenvalue weighted by Gasteiger charge is 2.13. The zero-order valence-corrected chi connectivity index (χ0v) is 12.9. The van der Waals surface area contributed by atoms with Crippen LogP contribution in [0.5, 0.6) is 0 Å². The van der Waals surface area contributed by atoms with Gasteiger partial charge in [0.05, 0.1) is 11.9 Å². The summed E-state index contributed by atoms with van der Waals surface area (Å²) >= 11 is 1.40. The maximum absolute atomic E-state index is 12.3. The Hall–Kier alpha value is -2.66. The maximum Gasteiger partial charge on any atom is 0.283 e. The molecule has 0 spiro atoms. The van der Waals surface area contributed by atoms with Gasteiger partial charge in [0, 0.05) is 12.4 Å². The van der Waals surface area contributed by atoms with E-state index in [1.54, 1.807) is 6.21 Å². The fraction of sp³-hybridized carbons (Fsp3) is 0.0588. The van der Waals surface area contributed by atoms with Crippen LogP contribution < -0.4 is 5.43 Å². The molecule has 110 valence electrons. The number of amides is 1. The molecule has 0 bridgehead atoms. The summed E-state index contributed by atoms with van der Waals surface area (Å²) in [6.07, 6.45) is 5.49. The van der Waals surface area contributed by atoms with Gasteiger partial charge in [0.1, 0.15) is 4.88 Å². The summed E-state index contributed by atoms with van der Waals surface area (Å²) in [6, 6.07) is 13.7. The Morgan fingerprint density at radius 1 is 1.18 bits per heavy atom. The molecule has 5 heteroatoms. The Balaban J connectivity index is 1.74. The van der Waals surface area contributed by atoms with Crippen molar-refractivity contribution in [3.63, 3.8) is 0 Å². The normalized spacial score (nSPS) is 11.0. The van der Waals surface area contributed by atoms with Crippen LogP contribution in [0.15, 0.2) is 65.3 Å². The summed E-state index contributed by atoms with van der Waals surface area (Å²) in [7, 11) is 0. The van der Waals surface area contributed by atoms with Crippen LogP contribution in [0.2, 0.25) is 0 Å². The number of aromatic nitrogens is 1. The molecule has 2 aromatic heterocycles. The van der Waals surface area contributed by atoms with Gasteiger partial charge in [-0.05, 0) is 41.6 Å². The molecule has 3 rings (SSSR count). The molecule has 0 radical (unpaired) electrons. The number of hydrogen-bond donors (Lipinski definition) is 1. The number of hydrogen-bond acceptors (Lipinski definition) is 3. The molecule has 2 heterocycles. The Morgan fingerprint density at radius 2 is 1.95 bits per heavy atom. The first-order chi connectivity index (χ1) is 10.8. The van der Waals surface area contributed by atoms with E-state index in [0.717, 1.165) is 16.8 Å². The summed E-state index contributed by atoms with van der Waals surface area (Å²) in [4.78, 5) is 12.9. The first-order valence-electron chi connectivity index (χ1n) is 6.85. The van der Waals surface area contributed by atoms with E-state index in [2.05, 4.69) is 10.5 Å². The predicted octanol–water partition coefficient (Wildman–Crippen LogP) is 3.61. The summed E-state index contributed by atoms with van der Waals surface area (Å²) in [5.41, 5.74) is 5.55. The second-order valence-electron chi connectivity index (χ2n) is 4.78. The van der Waals surface area contributed by atoms with Crippen molar-refractivity contribution in [1.82, 2.24) is 9.99 Å². The second kappa shape index (κ2) is 6.41. The third-order valence-electron chi connectivity index (χ3n) is 3.29. The zero-order valence-electron chi connectivity index (χ0n) is 12.1. The van der Waals surface area contributed by atoms with Crippen LogP contribution in [0.4, 0.5) is 0 Å². The number of thiophene rings is 1. The van der Waals surface area contributed by atoms with Crippen LogP contribution >= 0.6 is 11.3 Å². The third-order valence-corrected chi connectivity index (χ3v) is 4.19. The molecular formula is C17H15N3OS. The number of rotatable bonds is 4. The van der Waals surface area contributed by atoms with Crippen LogP contribution in [-0.2, 0) is 0 Å². The summed E-state index contributed by atoms with van der Waals surface area (Å²) in [6.45, 7) is 2.01. The lowest BCUT2D eigenvalue weighted by Gasteiger charge is -2.04. The van der Waals surface area contributed by atoms with Crippen LogP contribution in [0, 0.1) is 6.92 Å². The molecule has 0 aliphatic rings. The largest absolute Gasteiger partial charge is 0.322 e. The Labute approximate surface area is 132 Å². The molecule has 0 fully saturated rings. The van der Waals surface area contributed by atoms with Crippen molar-refractivity contribution in [3.05, 3.63) is 76.2 Å². The van der Waals surface area contributed by atoms with Gasteiger partial charge >= 0.3 is 0 Å². The van der Waals surface area contributed by atoms with E-state index >= 15 is 0 Å². The van der Waals surface area contributed by atoms with Crippen molar-refractivity contribution in [2.75, 3.05) is 0 Å². The number of aryl methyl sites for hydroxylation is 1. The quantitative estimate of drug-likeness (QED) is 0.581. The van der Waals surface area contributed by atoms with Crippen molar-refractivity contribution >= 4 is 23.5 Å². The first-order valence-corrected chi connectivity index (χ1v) is 7.73. The molecule has 22 heavy (non-hydrogen) atoms. The van der Waals surface area contributed by atoms with Crippen LogP contribution in [-0.4, -0.2) is 16.7 Å². The maximum atomic E-state index is 12.3. The van der Waals surface area contributed by atoms with Crippen LogP contribution in [0.25, 0.3) is 5.69 Å². The fourth-order valence-electron chi connectivity index (χ4n) is 2.11. The van der Waals surface area contributed by atoms with E-state index in [-0.39, 0.29) is 5.91 Å². The van der Waals surface area contributed by atoms with E-state index in [9.17, 15) is 4.79 Å². The first kappa shape index (κ1) is 14.3. The van der Waals surface area contributed by atoms with E-state index in [4.69, 9.17) is 0 Å². The van der Waals surface area contributed by atoms with Gasteiger partial charge < -0.3 is 4.57 Å². The van der Waals surface area contributed by atoms with E-state index in [0.29, 0.717) is 4.88 Å². The number of carbonyl (C=O) groups excluding carboxylic acids is 1. The molecule has 0 aliphatic heterocycles. The van der Waals surface area contributed by atoms with Crippen molar-refractivity contribution in [3.8, 4) is 5.69 Å². The summed E-state index contributed by atoms with van der Waals surface area (Å²) in [5, 5.41) is 5.95. The fourth-order valence-corrected chi connectivity index (χ4v) is 2.89. The number of benzene rings is 1. The van der Waals surface area contributed by atoms with E-state index in [1.807, 2.05) is 71.7 Å². The van der Waals surface area contributed by atoms with Crippen LogP contribution in [0.1, 0.15) is 20.8 Å². The molecule has 4 nitrogen and oxygen atoms in total. The smallest absolute Gasteiger partial charge is 0.283 e. The number of nitrogens with one attached hydrogen (secondary N) is 1. The minimum atomic E-state index is -0.205. The lowest BCUT2D eigenvalue weighted by molar-refractivity contribution is 0.0959. The van der Waals surface area contributed by atoms with Crippen LogP contribution in [0.3, 0.4) is 0 Å². The number of hydrazone groups is 1. The average molecular weight is 309 g/mol. The monoisotopic (exact) mass is 309 g/mol. The minimum Gasteiger partial charge on any atom is -0.322 e. The van der Waals surface area contributed by atoms with Gasteiger partial charge in [-0.1, -0.05) is 24.3 Å². The Kier molecular flexibility index (Phi) is 4.16. The molecule has 1 amide bonds. The number of nitrogens with zero attached hydrogens (tertiary/aromatic N) is 2. The number of carbonyl (C=O) groups is 1. The minimum absolute atomic E-state index is 0.205. The van der Waals surface area contributed by atoms with Gasteiger partial charge in [0.25, 0.3) is 5.91 Å². The van der Waals surface area contributed by atoms with Gasteiger partial charge in [-0.15, -0.1) is 11.3 Å². The SMILES string of the molecule is Cc1ccccc1/C=N/NC(=O)c1sccc1-n1cccc1. The molecule has 0 aliphatic carbocycles. The molecule has 0 atom stereocenters. The second-order valence-corrected chi connectivity index (χ2v) is 5.70. The van der Waals surface area contributed by atoms with Gasteiger partial charge in [-0.3, -0.25) is 4.79 Å². The molecule has 1 aromatic carbocycles. The predicted molar refractivity (Wildman–Crippen MR) is 89.9 cm³/mol. The highest BCUT2D eigenvalue weighted by molar-refractivity contribution is 7.12. The molecule has 3 aromatic rings. The highest BCUT2D eigenvalue weighted by atomic mass is 32.1.